The van der Waals surface area contributed by atoms with Crippen LogP contribution in [0.2, 0.25) is 0 Å². The number of hydrogen-bond donors (Lipinski definition) is 2. The van der Waals surface area contributed by atoms with Crippen LogP contribution in [0.1, 0.15) is 25.1 Å². The van der Waals surface area contributed by atoms with Gasteiger partial charge in [0.15, 0.2) is 0 Å². The molecule has 0 radical (unpaired) electrons. The highest BCUT2D eigenvalue weighted by molar-refractivity contribution is 7.91. The first kappa shape index (κ1) is 17.6. The summed E-state index contributed by atoms with van der Waals surface area (Å²) >= 11 is 1.29. The second-order valence-corrected chi connectivity index (χ2v) is 8.25. The van der Waals surface area contributed by atoms with Gasteiger partial charge in [-0.1, -0.05) is 0 Å². The first-order chi connectivity index (χ1) is 9.36. The van der Waals surface area contributed by atoms with E-state index in [1.165, 1.54) is 11.3 Å². The molecule has 0 aliphatic heterocycles. The fourth-order valence-corrected chi connectivity index (χ4v) is 4.13. The predicted molar refractivity (Wildman–Crippen MR) is 84.6 cm³/mol. The molecule has 1 aromatic rings. The van der Waals surface area contributed by atoms with Crippen LogP contribution < -0.4 is 10.5 Å². The van der Waals surface area contributed by atoms with Gasteiger partial charge in [-0.15, -0.1) is 11.3 Å². The highest BCUT2D eigenvalue weighted by Gasteiger charge is 2.16. The summed E-state index contributed by atoms with van der Waals surface area (Å²) in [5.74, 6) is 0. The molecule has 3 N–H and O–H groups in total. The van der Waals surface area contributed by atoms with Crippen molar-refractivity contribution < 1.29 is 8.42 Å². The Labute approximate surface area is 126 Å². The fourth-order valence-electron chi connectivity index (χ4n) is 1.64. The lowest BCUT2D eigenvalue weighted by atomic mass is 10.3. The molecular formula is C13H25N3O2S2. The largest absolute Gasteiger partial charge is 0.330 e. The standard InChI is InChI=1S/C13H25N3O2S2/c1-11(2)16(3)10-4-9-15-20(17,18)13-6-5-12(19-13)7-8-14/h5-6,11,15H,4,7-10,14H2,1-3H3. The number of nitrogens with zero attached hydrogens (tertiary/aromatic N) is 1. The first-order valence-electron chi connectivity index (χ1n) is 6.85. The third-order valence-corrected chi connectivity index (χ3v) is 6.25. The Bertz CT molecular complexity index is 497. The first-order valence-corrected chi connectivity index (χ1v) is 9.15. The van der Waals surface area contributed by atoms with Crippen LogP contribution in [-0.4, -0.2) is 46.0 Å². The Morgan fingerprint density at radius 1 is 1.40 bits per heavy atom. The maximum Gasteiger partial charge on any atom is 0.250 e. The van der Waals surface area contributed by atoms with E-state index in [0.29, 0.717) is 23.3 Å². The second kappa shape index (κ2) is 8.09. The lowest BCUT2D eigenvalue weighted by Gasteiger charge is -2.20. The van der Waals surface area contributed by atoms with Crippen LogP contribution >= 0.6 is 11.3 Å². The molecule has 0 aliphatic carbocycles. The van der Waals surface area contributed by atoms with Gasteiger partial charge in [0.25, 0.3) is 0 Å². The van der Waals surface area contributed by atoms with Crippen LogP contribution in [0.25, 0.3) is 0 Å². The van der Waals surface area contributed by atoms with E-state index >= 15 is 0 Å². The molecule has 0 atom stereocenters. The lowest BCUT2D eigenvalue weighted by molar-refractivity contribution is 0.271. The Morgan fingerprint density at radius 3 is 2.70 bits per heavy atom. The normalized spacial score (nSPS) is 12.5. The van der Waals surface area contributed by atoms with Crippen molar-refractivity contribution in [2.24, 2.45) is 5.73 Å². The van der Waals surface area contributed by atoms with Gasteiger partial charge in [-0.2, -0.15) is 0 Å². The van der Waals surface area contributed by atoms with Crippen molar-refractivity contribution in [3.63, 3.8) is 0 Å². The summed E-state index contributed by atoms with van der Waals surface area (Å²) in [6.45, 7) is 6.12. The molecule has 1 heterocycles. The molecule has 20 heavy (non-hydrogen) atoms. The van der Waals surface area contributed by atoms with E-state index < -0.39 is 10.0 Å². The molecule has 0 aromatic carbocycles. The van der Waals surface area contributed by atoms with Crippen molar-refractivity contribution >= 4 is 21.4 Å². The van der Waals surface area contributed by atoms with Crippen molar-refractivity contribution in [2.75, 3.05) is 26.7 Å². The molecule has 0 aliphatic rings. The van der Waals surface area contributed by atoms with Crippen LogP contribution in [0, 0.1) is 0 Å². The van der Waals surface area contributed by atoms with Gasteiger partial charge in [0.2, 0.25) is 10.0 Å². The summed E-state index contributed by atoms with van der Waals surface area (Å²) in [5, 5.41) is 0. The summed E-state index contributed by atoms with van der Waals surface area (Å²) in [6, 6.07) is 3.96. The molecule has 5 nitrogen and oxygen atoms in total. The molecular weight excluding hydrogens is 294 g/mol. The van der Waals surface area contributed by atoms with Gasteiger partial charge in [0.05, 0.1) is 0 Å². The number of sulfonamides is 1. The monoisotopic (exact) mass is 319 g/mol. The average molecular weight is 319 g/mol. The minimum atomic E-state index is -3.37. The smallest absolute Gasteiger partial charge is 0.250 e. The maximum atomic E-state index is 12.1. The number of nitrogens with one attached hydrogen (secondary N) is 1. The quantitative estimate of drug-likeness (QED) is 0.672. The average Bonchev–Trinajstić information content (AvgIpc) is 2.84. The molecule has 0 fully saturated rings. The van der Waals surface area contributed by atoms with Gasteiger partial charge >= 0.3 is 0 Å². The van der Waals surface area contributed by atoms with E-state index in [1.54, 1.807) is 6.07 Å². The van der Waals surface area contributed by atoms with Gasteiger partial charge in [-0.3, -0.25) is 0 Å². The van der Waals surface area contributed by atoms with E-state index in [9.17, 15) is 8.42 Å². The van der Waals surface area contributed by atoms with Crippen molar-refractivity contribution in [1.82, 2.24) is 9.62 Å². The summed E-state index contributed by atoms with van der Waals surface area (Å²) in [7, 11) is -1.33. The number of hydrogen-bond acceptors (Lipinski definition) is 5. The summed E-state index contributed by atoms with van der Waals surface area (Å²) in [6.07, 6.45) is 1.52. The zero-order chi connectivity index (χ0) is 15.2. The van der Waals surface area contributed by atoms with Gasteiger partial charge in [-0.05, 0) is 59.0 Å². The highest BCUT2D eigenvalue weighted by atomic mass is 32.2. The van der Waals surface area contributed by atoms with Crippen LogP contribution in [0.5, 0.6) is 0 Å². The molecule has 116 valence electrons. The van der Waals surface area contributed by atoms with E-state index in [0.717, 1.165) is 24.3 Å². The molecule has 0 bridgehead atoms. The molecule has 0 spiro atoms. The highest BCUT2D eigenvalue weighted by Crippen LogP contribution is 2.21. The van der Waals surface area contributed by atoms with Gasteiger partial charge < -0.3 is 10.6 Å². The fraction of sp³-hybridized carbons (Fsp3) is 0.692. The van der Waals surface area contributed by atoms with Crippen molar-refractivity contribution in [3.05, 3.63) is 17.0 Å². The Morgan fingerprint density at radius 2 is 2.10 bits per heavy atom. The summed E-state index contributed by atoms with van der Waals surface area (Å²) < 4.78 is 27.2. The molecule has 0 saturated heterocycles. The zero-order valence-corrected chi connectivity index (χ0v) is 14.1. The zero-order valence-electron chi connectivity index (χ0n) is 12.4. The molecule has 7 heteroatoms. The van der Waals surface area contributed by atoms with E-state index in [-0.39, 0.29) is 0 Å². The van der Waals surface area contributed by atoms with Crippen molar-refractivity contribution in [3.8, 4) is 0 Å². The number of nitrogens with two attached hydrogens (primary N) is 1. The SMILES string of the molecule is CC(C)N(C)CCCNS(=O)(=O)c1ccc(CCN)s1. The van der Waals surface area contributed by atoms with Gasteiger partial charge in [-0.25, -0.2) is 13.1 Å². The van der Waals surface area contributed by atoms with Gasteiger partial charge in [0, 0.05) is 17.5 Å². The van der Waals surface area contributed by atoms with E-state index in [1.807, 2.05) is 13.1 Å². The van der Waals surface area contributed by atoms with E-state index in [4.69, 9.17) is 5.73 Å². The predicted octanol–water partition coefficient (Wildman–Crippen LogP) is 1.26. The van der Waals surface area contributed by atoms with Crippen LogP contribution in [-0.2, 0) is 16.4 Å². The lowest BCUT2D eigenvalue weighted by Crippen LogP contribution is -2.31. The molecule has 1 aromatic heterocycles. The minimum absolute atomic E-state index is 0.373. The minimum Gasteiger partial charge on any atom is -0.330 e. The Kier molecular flexibility index (Phi) is 7.11. The van der Waals surface area contributed by atoms with Crippen LogP contribution in [0.3, 0.4) is 0 Å². The Balaban J connectivity index is 2.45. The third-order valence-electron chi connectivity index (χ3n) is 3.15. The van der Waals surface area contributed by atoms with Gasteiger partial charge in [0.1, 0.15) is 4.21 Å². The molecule has 0 saturated carbocycles. The topological polar surface area (TPSA) is 75.4 Å². The molecule has 0 unspecified atom stereocenters. The van der Waals surface area contributed by atoms with Crippen LogP contribution in [0.4, 0.5) is 0 Å². The van der Waals surface area contributed by atoms with Crippen molar-refractivity contribution in [1.29, 1.82) is 0 Å². The Hall–Kier alpha value is -0.470. The number of thiophene rings is 1. The third kappa shape index (κ3) is 5.49. The summed E-state index contributed by atoms with van der Waals surface area (Å²) in [5.41, 5.74) is 5.47. The van der Waals surface area contributed by atoms with Crippen LogP contribution in [0.15, 0.2) is 16.3 Å². The second-order valence-electron chi connectivity index (χ2n) is 5.09. The van der Waals surface area contributed by atoms with Crippen molar-refractivity contribution in [2.45, 2.75) is 36.9 Å². The van der Waals surface area contributed by atoms with E-state index in [2.05, 4.69) is 23.5 Å². The maximum absolute atomic E-state index is 12.1. The number of rotatable bonds is 9. The molecule has 0 amide bonds. The molecule has 1 rings (SSSR count). The summed E-state index contributed by atoms with van der Waals surface area (Å²) in [4.78, 5) is 3.20.